The van der Waals surface area contributed by atoms with Crippen LogP contribution in [0.5, 0.6) is 0 Å². The Kier molecular flexibility index (Phi) is 3.55. The van der Waals surface area contributed by atoms with Crippen LogP contribution in [0, 0.1) is 20.8 Å². The van der Waals surface area contributed by atoms with Gasteiger partial charge >= 0.3 is 0 Å². The molecule has 1 aromatic rings. The number of benzene rings is 1. The van der Waals surface area contributed by atoms with Gasteiger partial charge in [-0.15, -0.1) is 0 Å². The lowest BCUT2D eigenvalue weighted by Gasteiger charge is -2.43. The van der Waals surface area contributed by atoms with Crippen molar-refractivity contribution < 1.29 is 4.74 Å². The quantitative estimate of drug-likeness (QED) is 0.862. The van der Waals surface area contributed by atoms with Crippen LogP contribution >= 0.6 is 0 Å². The van der Waals surface area contributed by atoms with Crippen molar-refractivity contribution in [2.24, 2.45) is 0 Å². The molecule has 0 aliphatic carbocycles. The SMILES string of the molecule is CNCCC1(c2ccc(C)c(C)c2C)COC1. The second kappa shape index (κ2) is 4.79. The molecule has 0 spiro atoms. The molecule has 0 unspecified atom stereocenters. The molecule has 1 saturated heterocycles. The maximum absolute atomic E-state index is 5.49. The normalized spacial score (nSPS) is 17.9. The van der Waals surface area contributed by atoms with Gasteiger partial charge in [0.1, 0.15) is 0 Å². The maximum atomic E-state index is 5.49. The Hall–Kier alpha value is -0.860. The number of hydrogen-bond acceptors (Lipinski definition) is 2. The highest BCUT2D eigenvalue weighted by Crippen LogP contribution is 2.38. The van der Waals surface area contributed by atoms with Gasteiger partial charge in [0.2, 0.25) is 0 Å². The van der Waals surface area contributed by atoms with Crippen LogP contribution in [0.2, 0.25) is 0 Å². The van der Waals surface area contributed by atoms with E-state index in [1.165, 1.54) is 22.3 Å². The molecular formula is C15H23NO. The van der Waals surface area contributed by atoms with Gasteiger partial charge in [-0.3, -0.25) is 0 Å². The molecule has 0 saturated carbocycles. The van der Waals surface area contributed by atoms with Gasteiger partial charge in [0.05, 0.1) is 13.2 Å². The van der Waals surface area contributed by atoms with Gasteiger partial charge in [-0.1, -0.05) is 12.1 Å². The lowest BCUT2D eigenvalue weighted by atomic mass is 9.73. The molecule has 17 heavy (non-hydrogen) atoms. The van der Waals surface area contributed by atoms with Gasteiger partial charge < -0.3 is 10.1 Å². The molecule has 1 aliphatic rings. The van der Waals surface area contributed by atoms with Crippen molar-refractivity contribution in [3.8, 4) is 0 Å². The summed E-state index contributed by atoms with van der Waals surface area (Å²) in [5.74, 6) is 0. The van der Waals surface area contributed by atoms with Crippen LogP contribution in [0.4, 0.5) is 0 Å². The molecule has 0 aromatic heterocycles. The van der Waals surface area contributed by atoms with Crippen molar-refractivity contribution in [1.82, 2.24) is 5.32 Å². The van der Waals surface area contributed by atoms with Gasteiger partial charge in [0, 0.05) is 5.41 Å². The number of hydrogen-bond donors (Lipinski definition) is 1. The van der Waals surface area contributed by atoms with Crippen LogP contribution in [-0.2, 0) is 10.2 Å². The highest BCUT2D eigenvalue weighted by atomic mass is 16.5. The third kappa shape index (κ3) is 2.12. The molecule has 1 N–H and O–H groups in total. The van der Waals surface area contributed by atoms with Crippen molar-refractivity contribution in [3.63, 3.8) is 0 Å². The van der Waals surface area contributed by atoms with E-state index in [0.717, 1.165) is 26.2 Å². The average molecular weight is 233 g/mol. The Morgan fingerprint density at radius 1 is 1.18 bits per heavy atom. The molecule has 0 amide bonds. The first-order valence-corrected chi connectivity index (χ1v) is 6.40. The number of aryl methyl sites for hydroxylation is 1. The van der Waals surface area contributed by atoms with Crippen molar-refractivity contribution in [3.05, 3.63) is 34.4 Å². The summed E-state index contributed by atoms with van der Waals surface area (Å²) >= 11 is 0. The molecule has 0 atom stereocenters. The molecule has 1 heterocycles. The maximum Gasteiger partial charge on any atom is 0.0586 e. The zero-order chi connectivity index (χ0) is 12.5. The second-order valence-corrected chi connectivity index (χ2v) is 5.31. The molecular weight excluding hydrogens is 210 g/mol. The van der Waals surface area contributed by atoms with Crippen LogP contribution in [0.15, 0.2) is 12.1 Å². The van der Waals surface area contributed by atoms with E-state index in [9.17, 15) is 0 Å². The highest BCUT2D eigenvalue weighted by Gasteiger charge is 2.40. The zero-order valence-electron chi connectivity index (χ0n) is 11.4. The average Bonchev–Trinajstić information content (AvgIpc) is 2.27. The summed E-state index contributed by atoms with van der Waals surface area (Å²) in [6.45, 7) is 9.45. The Morgan fingerprint density at radius 3 is 2.41 bits per heavy atom. The van der Waals surface area contributed by atoms with Crippen LogP contribution in [0.1, 0.15) is 28.7 Å². The first-order chi connectivity index (χ1) is 8.10. The fourth-order valence-corrected chi connectivity index (χ4v) is 2.68. The monoisotopic (exact) mass is 233 g/mol. The summed E-state index contributed by atoms with van der Waals surface area (Å²) in [5, 5.41) is 3.25. The minimum absolute atomic E-state index is 0.256. The van der Waals surface area contributed by atoms with E-state index in [1.807, 2.05) is 7.05 Å². The van der Waals surface area contributed by atoms with Crippen LogP contribution in [-0.4, -0.2) is 26.8 Å². The van der Waals surface area contributed by atoms with E-state index in [0.29, 0.717) is 0 Å². The predicted octanol–water partition coefficient (Wildman–Crippen LogP) is 2.49. The fraction of sp³-hybridized carbons (Fsp3) is 0.600. The first kappa shape index (κ1) is 12.6. The number of rotatable bonds is 4. The van der Waals surface area contributed by atoms with Crippen LogP contribution in [0.25, 0.3) is 0 Å². The summed E-state index contributed by atoms with van der Waals surface area (Å²) in [5.41, 5.74) is 6.01. The first-order valence-electron chi connectivity index (χ1n) is 6.40. The molecule has 2 rings (SSSR count). The number of nitrogens with one attached hydrogen (secondary N) is 1. The fourth-order valence-electron chi connectivity index (χ4n) is 2.68. The van der Waals surface area contributed by atoms with E-state index in [-0.39, 0.29) is 5.41 Å². The number of ether oxygens (including phenoxy) is 1. The zero-order valence-corrected chi connectivity index (χ0v) is 11.4. The van der Waals surface area contributed by atoms with Gasteiger partial charge in [0.15, 0.2) is 0 Å². The molecule has 94 valence electrons. The molecule has 1 aromatic carbocycles. The minimum Gasteiger partial charge on any atom is -0.379 e. The summed E-state index contributed by atoms with van der Waals surface area (Å²) in [7, 11) is 2.01. The summed E-state index contributed by atoms with van der Waals surface area (Å²) in [6, 6.07) is 4.55. The van der Waals surface area contributed by atoms with Gasteiger partial charge in [-0.2, -0.15) is 0 Å². The van der Waals surface area contributed by atoms with Crippen molar-refractivity contribution in [2.45, 2.75) is 32.6 Å². The van der Waals surface area contributed by atoms with E-state index in [4.69, 9.17) is 4.74 Å². The summed E-state index contributed by atoms with van der Waals surface area (Å²) in [4.78, 5) is 0. The molecule has 0 radical (unpaired) electrons. The molecule has 1 fully saturated rings. The topological polar surface area (TPSA) is 21.3 Å². The smallest absolute Gasteiger partial charge is 0.0586 e. The minimum atomic E-state index is 0.256. The second-order valence-electron chi connectivity index (χ2n) is 5.31. The Morgan fingerprint density at radius 2 is 1.88 bits per heavy atom. The molecule has 2 heteroatoms. The molecule has 1 aliphatic heterocycles. The Balaban J connectivity index is 2.34. The van der Waals surface area contributed by atoms with Crippen molar-refractivity contribution in [1.29, 1.82) is 0 Å². The van der Waals surface area contributed by atoms with Crippen molar-refractivity contribution >= 4 is 0 Å². The third-order valence-corrected chi connectivity index (χ3v) is 4.24. The van der Waals surface area contributed by atoms with Crippen molar-refractivity contribution in [2.75, 3.05) is 26.8 Å². The van der Waals surface area contributed by atoms with Gasteiger partial charge in [0.25, 0.3) is 0 Å². The van der Waals surface area contributed by atoms with E-state index < -0.39 is 0 Å². The van der Waals surface area contributed by atoms with E-state index in [1.54, 1.807) is 0 Å². The summed E-state index contributed by atoms with van der Waals surface area (Å²) in [6.07, 6.45) is 1.16. The molecule has 2 nitrogen and oxygen atoms in total. The largest absolute Gasteiger partial charge is 0.379 e. The van der Waals surface area contributed by atoms with E-state index >= 15 is 0 Å². The summed E-state index contributed by atoms with van der Waals surface area (Å²) < 4.78 is 5.49. The lowest BCUT2D eigenvalue weighted by Crippen LogP contribution is -2.48. The third-order valence-electron chi connectivity index (χ3n) is 4.24. The van der Waals surface area contributed by atoms with Crippen LogP contribution < -0.4 is 5.32 Å². The highest BCUT2D eigenvalue weighted by molar-refractivity contribution is 5.44. The van der Waals surface area contributed by atoms with E-state index in [2.05, 4.69) is 38.2 Å². The van der Waals surface area contributed by atoms with Crippen LogP contribution in [0.3, 0.4) is 0 Å². The lowest BCUT2D eigenvalue weighted by molar-refractivity contribution is -0.0641. The predicted molar refractivity (Wildman–Crippen MR) is 71.7 cm³/mol. The Labute approximate surface area is 104 Å². The standard InChI is InChI=1S/C15H23NO/c1-11-5-6-14(13(3)12(11)2)15(7-8-16-4)9-17-10-15/h5-6,16H,7-10H2,1-4H3. The van der Waals surface area contributed by atoms with Gasteiger partial charge in [-0.05, 0) is 63.0 Å². The van der Waals surface area contributed by atoms with Gasteiger partial charge in [-0.25, -0.2) is 0 Å². The molecule has 0 bridgehead atoms. The Bertz CT molecular complexity index is 408.